The van der Waals surface area contributed by atoms with Crippen LogP contribution < -0.4 is 0 Å². The zero-order valence-electron chi connectivity index (χ0n) is 11.5. The monoisotopic (exact) mass is 252 g/mol. The number of aromatic nitrogens is 2. The van der Waals surface area contributed by atoms with Gasteiger partial charge in [-0.15, -0.1) is 0 Å². The summed E-state index contributed by atoms with van der Waals surface area (Å²) in [5, 5.41) is 4.81. The van der Waals surface area contributed by atoms with Gasteiger partial charge in [0.05, 0.1) is 12.2 Å². The Morgan fingerprint density at radius 2 is 1.95 bits per heavy atom. The van der Waals surface area contributed by atoms with E-state index in [1.165, 1.54) is 48.2 Å². The van der Waals surface area contributed by atoms with E-state index in [1.54, 1.807) is 0 Å². The highest BCUT2D eigenvalue weighted by atomic mass is 15.3. The topological polar surface area (TPSA) is 17.8 Å². The molecule has 2 nitrogen and oxygen atoms in total. The van der Waals surface area contributed by atoms with E-state index in [4.69, 9.17) is 5.10 Å². The Labute approximate surface area is 114 Å². The molecule has 0 aliphatic heterocycles. The van der Waals surface area contributed by atoms with E-state index in [0.29, 0.717) is 0 Å². The highest BCUT2D eigenvalue weighted by molar-refractivity contribution is 5.51. The van der Waals surface area contributed by atoms with Crippen LogP contribution in [0.5, 0.6) is 0 Å². The molecule has 0 N–H and O–H groups in total. The van der Waals surface area contributed by atoms with Gasteiger partial charge in [-0.1, -0.05) is 36.4 Å². The predicted octanol–water partition coefficient (Wildman–Crippen LogP) is 3.84. The van der Waals surface area contributed by atoms with Gasteiger partial charge in [0.1, 0.15) is 0 Å². The van der Waals surface area contributed by atoms with Gasteiger partial charge in [0.25, 0.3) is 0 Å². The van der Waals surface area contributed by atoms with Gasteiger partial charge in [-0.3, -0.25) is 4.68 Å². The Balaban J connectivity index is 1.97. The molecule has 19 heavy (non-hydrogen) atoms. The van der Waals surface area contributed by atoms with Crippen molar-refractivity contribution in [2.45, 2.75) is 39.2 Å². The van der Waals surface area contributed by atoms with Crippen LogP contribution in [0.3, 0.4) is 0 Å². The first-order chi connectivity index (χ1) is 9.38. The van der Waals surface area contributed by atoms with Crippen LogP contribution in [-0.4, -0.2) is 9.78 Å². The molecule has 1 aliphatic rings. The Morgan fingerprint density at radius 3 is 2.74 bits per heavy atom. The summed E-state index contributed by atoms with van der Waals surface area (Å²) in [7, 11) is 0. The van der Waals surface area contributed by atoms with E-state index < -0.39 is 0 Å². The fraction of sp³-hybridized carbons (Fsp3) is 0.353. The number of benzene rings is 1. The van der Waals surface area contributed by atoms with Gasteiger partial charge in [0.15, 0.2) is 0 Å². The molecular formula is C17H20N2. The van der Waals surface area contributed by atoms with Crippen molar-refractivity contribution in [3.05, 3.63) is 58.9 Å². The normalized spacial score (nSPS) is 14.8. The molecule has 2 heteroatoms. The van der Waals surface area contributed by atoms with Crippen LogP contribution in [0.1, 0.15) is 42.3 Å². The lowest BCUT2D eigenvalue weighted by Crippen LogP contribution is -2.10. The molecule has 0 saturated heterocycles. The third kappa shape index (κ3) is 2.48. The predicted molar refractivity (Wildman–Crippen MR) is 79.1 cm³/mol. The van der Waals surface area contributed by atoms with Crippen LogP contribution >= 0.6 is 0 Å². The van der Waals surface area contributed by atoms with Crippen LogP contribution in [0.4, 0.5) is 0 Å². The fourth-order valence-electron chi connectivity index (χ4n) is 2.88. The maximum Gasteiger partial charge on any atom is 0.0882 e. The lowest BCUT2D eigenvalue weighted by Gasteiger charge is -2.14. The van der Waals surface area contributed by atoms with Crippen molar-refractivity contribution in [3.8, 4) is 0 Å². The molecule has 1 aliphatic carbocycles. The number of hydrogen-bond donors (Lipinski definition) is 0. The first-order valence-corrected chi connectivity index (χ1v) is 7.13. The lowest BCUT2D eigenvalue weighted by molar-refractivity contribution is 0.595. The van der Waals surface area contributed by atoms with E-state index in [1.807, 2.05) is 0 Å². The molecule has 0 atom stereocenters. The zero-order chi connectivity index (χ0) is 13.1. The Bertz CT molecular complexity index is 579. The average molecular weight is 252 g/mol. The molecule has 1 aromatic heterocycles. The second kappa shape index (κ2) is 5.43. The van der Waals surface area contributed by atoms with Gasteiger partial charge >= 0.3 is 0 Å². The van der Waals surface area contributed by atoms with Gasteiger partial charge < -0.3 is 0 Å². The molecule has 1 aromatic carbocycles. The van der Waals surface area contributed by atoms with Crippen molar-refractivity contribution in [1.82, 2.24) is 9.78 Å². The largest absolute Gasteiger partial charge is 0.264 e. The molecule has 98 valence electrons. The molecule has 0 fully saturated rings. The first kappa shape index (κ1) is 12.2. The molecule has 0 unspecified atom stereocenters. The molecule has 0 amide bonds. The zero-order valence-corrected chi connectivity index (χ0v) is 11.5. The molecule has 0 spiro atoms. The highest BCUT2D eigenvalue weighted by Gasteiger charge is 2.19. The summed E-state index contributed by atoms with van der Waals surface area (Å²) in [6.45, 7) is 2.95. The van der Waals surface area contributed by atoms with E-state index in [0.717, 1.165) is 6.54 Å². The number of rotatable bonds is 3. The number of fused-ring (bicyclic) bond motifs is 1. The number of allylic oxidation sites excluding steroid dienone is 1. The van der Waals surface area contributed by atoms with Gasteiger partial charge in [-0.05, 0) is 44.2 Å². The molecule has 1 heterocycles. The molecule has 0 radical (unpaired) electrons. The number of nitrogens with zero attached hydrogens (tertiary/aromatic N) is 2. The first-order valence-electron chi connectivity index (χ1n) is 7.13. The Kier molecular flexibility index (Phi) is 3.49. The number of hydrogen-bond acceptors (Lipinski definition) is 1. The van der Waals surface area contributed by atoms with Crippen molar-refractivity contribution in [2.75, 3.05) is 0 Å². The standard InChI is InChI=1S/C17H20N2/c1-2-8-16-15-11-6-7-12-17(15)19(18-16)13-14-9-4-3-5-10-14/h2-5,8-10H,6-7,11-13H2,1H3/b8-2+. The van der Waals surface area contributed by atoms with E-state index >= 15 is 0 Å². The van der Waals surface area contributed by atoms with Crippen molar-refractivity contribution in [3.63, 3.8) is 0 Å². The smallest absolute Gasteiger partial charge is 0.0882 e. The molecular weight excluding hydrogens is 232 g/mol. The van der Waals surface area contributed by atoms with Gasteiger partial charge in [-0.25, -0.2) is 0 Å². The highest BCUT2D eigenvalue weighted by Crippen LogP contribution is 2.26. The summed E-state index contributed by atoms with van der Waals surface area (Å²) in [6.07, 6.45) is 9.18. The van der Waals surface area contributed by atoms with E-state index in [9.17, 15) is 0 Å². The minimum Gasteiger partial charge on any atom is -0.264 e. The quantitative estimate of drug-likeness (QED) is 0.811. The SMILES string of the molecule is C/C=C/c1nn(Cc2ccccc2)c2c1CCCC2. The minimum absolute atomic E-state index is 0.890. The summed E-state index contributed by atoms with van der Waals surface area (Å²) in [5.74, 6) is 0. The van der Waals surface area contributed by atoms with E-state index in [2.05, 4.69) is 54.1 Å². The van der Waals surface area contributed by atoms with Crippen LogP contribution in [0, 0.1) is 0 Å². The van der Waals surface area contributed by atoms with Crippen LogP contribution in [0.2, 0.25) is 0 Å². The van der Waals surface area contributed by atoms with Crippen molar-refractivity contribution in [2.24, 2.45) is 0 Å². The molecule has 0 saturated carbocycles. The average Bonchev–Trinajstić information content (AvgIpc) is 2.79. The Morgan fingerprint density at radius 1 is 1.16 bits per heavy atom. The lowest BCUT2D eigenvalue weighted by atomic mass is 9.95. The maximum atomic E-state index is 4.81. The summed E-state index contributed by atoms with van der Waals surface area (Å²) in [5.41, 5.74) is 5.42. The fourth-order valence-corrected chi connectivity index (χ4v) is 2.88. The van der Waals surface area contributed by atoms with Crippen molar-refractivity contribution in [1.29, 1.82) is 0 Å². The van der Waals surface area contributed by atoms with Gasteiger partial charge in [0.2, 0.25) is 0 Å². The minimum atomic E-state index is 0.890. The summed E-state index contributed by atoms with van der Waals surface area (Å²) in [6, 6.07) is 10.6. The van der Waals surface area contributed by atoms with Gasteiger partial charge in [0, 0.05) is 11.3 Å². The van der Waals surface area contributed by atoms with Crippen LogP contribution in [0.25, 0.3) is 6.08 Å². The second-order valence-corrected chi connectivity index (χ2v) is 5.16. The maximum absolute atomic E-state index is 4.81. The molecule has 0 bridgehead atoms. The summed E-state index contributed by atoms with van der Waals surface area (Å²) in [4.78, 5) is 0. The van der Waals surface area contributed by atoms with Crippen molar-refractivity contribution >= 4 is 6.08 Å². The van der Waals surface area contributed by atoms with Gasteiger partial charge in [-0.2, -0.15) is 5.10 Å². The van der Waals surface area contributed by atoms with E-state index in [-0.39, 0.29) is 0 Å². The summed E-state index contributed by atoms with van der Waals surface area (Å²) < 4.78 is 2.21. The van der Waals surface area contributed by atoms with Crippen LogP contribution in [-0.2, 0) is 19.4 Å². The summed E-state index contributed by atoms with van der Waals surface area (Å²) >= 11 is 0. The third-order valence-corrected chi connectivity index (χ3v) is 3.79. The van der Waals surface area contributed by atoms with Crippen molar-refractivity contribution < 1.29 is 0 Å². The molecule has 2 aromatic rings. The second-order valence-electron chi connectivity index (χ2n) is 5.16. The third-order valence-electron chi connectivity index (χ3n) is 3.79. The van der Waals surface area contributed by atoms with Crippen LogP contribution in [0.15, 0.2) is 36.4 Å². The molecule has 3 rings (SSSR count). The Hall–Kier alpha value is -1.83.